The fraction of sp³-hybridized carbons (Fsp3) is 0.429. The van der Waals surface area contributed by atoms with Crippen LogP contribution in [0.15, 0.2) is 41.6 Å². The molecule has 0 radical (unpaired) electrons. The van der Waals surface area contributed by atoms with Gasteiger partial charge in [0.1, 0.15) is 17.8 Å². The van der Waals surface area contributed by atoms with Crippen LogP contribution in [-0.2, 0) is 11.3 Å². The molecule has 29 heavy (non-hydrogen) atoms. The molecule has 0 bridgehead atoms. The largest absolute Gasteiger partial charge is 0.356 e. The minimum atomic E-state index is -0.0679. The molecule has 152 valence electrons. The average Bonchev–Trinajstić information content (AvgIpc) is 3.21. The molecule has 1 fully saturated rings. The Morgan fingerprint density at radius 2 is 2.21 bits per heavy atom. The van der Waals surface area contributed by atoms with Gasteiger partial charge in [0.25, 0.3) is 5.56 Å². The summed E-state index contributed by atoms with van der Waals surface area (Å²) in [5.41, 5.74) is 1.65. The lowest BCUT2D eigenvalue weighted by atomic mass is 9.97. The molecule has 0 aliphatic carbocycles. The predicted molar refractivity (Wildman–Crippen MR) is 112 cm³/mol. The second kappa shape index (κ2) is 8.46. The van der Waals surface area contributed by atoms with Crippen LogP contribution in [0.2, 0.25) is 0 Å². The van der Waals surface area contributed by atoms with Gasteiger partial charge in [-0.2, -0.15) is 0 Å². The highest BCUT2D eigenvalue weighted by Gasteiger charge is 2.23. The Kier molecular flexibility index (Phi) is 5.59. The monoisotopic (exact) mass is 394 g/mol. The molecule has 8 heteroatoms. The number of fused-ring (bicyclic) bond motifs is 1. The number of piperidine rings is 1. The number of hydrogen-bond donors (Lipinski definition) is 2. The maximum Gasteiger partial charge on any atom is 0.250 e. The molecular weight excluding hydrogens is 368 g/mol. The molecule has 1 unspecified atom stereocenters. The molecule has 8 nitrogen and oxygen atoms in total. The first kappa shape index (κ1) is 19.2. The quantitative estimate of drug-likeness (QED) is 0.665. The van der Waals surface area contributed by atoms with E-state index in [1.165, 1.54) is 6.07 Å². The van der Waals surface area contributed by atoms with Crippen LogP contribution in [0.4, 0.5) is 5.82 Å². The Labute approximate surface area is 169 Å². The highest BCUT2D eigenvalue weighted by atomic mass is 16.1. The Morgan fingerprint density at radius 1 is 1.31 bits per heavy atom. The van der Waals surface area contributed by atoms with E-state index in [4.69, 9.17) is 0 Å². The molecule has 1 aliphatic heterocycles. The molecular formula is C21H26N6O2. The van der Waals surface area contributed by atoms with Gasteiger partial charge < -0.3 is 19.8 Å². The summed E-state index contributed by atoms with van der Waals surface area (Å²) in [6, 6.07) is 7.15. The lowest BCUT2D eigenvalue weighted by Gasteiger charge is -2.34. The van der Waals surface area contributed by atoms with Gasteiger partial charge in [0, 0.05) is 50.6 Å². The summed E-state index contributed by atoms with van der Waals surface area (Å²) in [4.78, 5) is 38.4. The van der Waals surface area contributed by atoms with Crippen molar-refractivity contribution in [3.05, 3.63) is 52.8 Å². The molecule has 0 spiro atoms. The number of hydrogen-bond acceptors (Lipinski definition) is 5. The number of aromatic amines is 1. The summed E-state index contributed by atoms with van der Waals surface area (Å²) in [6.45, 7) is 4.73. The number of nitrogens with one attached hydrogen (secondary N) is 2. The Morgan fingerprint density at radius 3 is 3.07 bits per heavy atom. The van der Waals surface area contributed by atoms with Crippen molar-refractivity contribution >= 4 is 22.8 Å². The van der Waals surface area contributed by atoms with E-state index in [1.54, 1.807) is 17.0 Å². The molecule has 1 aliphatic rings. The van der Waals surface area contributed by atoms with Crippen LogP contribution in [0.1, 0.15) is 25.0 Å². The molecule has 4 heterocycles. The zero-order valence-corrected chi connectivity index (χ0v) is 16.6. The molecule has 1 amide bonds. The molecule has 1 atom stereocenters. The van der Waals surface area contributed by atoms with E-state index >= 15 is 0 Å². The summed E-state index contributed by atoms with van der Waals surface area (Å²) in [5.74, 6) is 1.30. The minimum absolute atomic E-state index is 0.0210. The molecule has 0 aromatic carbocycles. The number of carbonyl (C=O) groups is 1. The Balaban J connectivity index is 1.31. The van der Waals surface area contributed by atoms with Crippen LogP contribution in [0.3, 0.4) is 0 Å². The number of anilines is 1. The molecule has 2 N–H and O–H groups in total. The van der Waals surface area contributed by atoms with Crippen molar-refractivity contribution in [2.75, 3.05) is 24.5 Å². The third kappa shape index (κ3) is 4.31. The van der Waals surface area contributed by atoms with Crippen molar-refractivity contribution in [1.29, 1.82) is 0 Å². The van der Waals surface area contributed by atoms with Gasteiger partial charge in [0.05, 0.1) is 5.39 Å². The van der Waals surface area contributed by atoms with Crippen molar-refractivity contribution in [3.8, 4) is 0 Å². The Bertz CT molecular complexity index is 1060. The number of H-pyrrole nitrogens is 1. The minimum Gasteiger partial charge on any atom is -0.356 e. The zero-order chi connectivity index (χ0) is 20.2. The second-order valence-corrected chi connectivity index (χ2v) is 7.60. The summed E-state index contributed by atoms with van der Waals surface area (Å²) < 4.78 is 1.64. The fourth-order valence-corrected chi connectivity index (χ4v) is 4.00. The van der Waals surface area contributed by atoms with Crippen LogP contribution >= 0.6 is 0 Å². The van der Waals surface area contributed by atoms with E-state index in [2.05, 4.69) is 25.2 Å². The third-order valence-electron chi connectivity index (χ3n) is 5.57. The standard InChI is InChI=1S/C21H26N6O2/c1-15-4-2-6-19(29)27(15)11-8-18(28)23-12-16-5-3-10-26(13-16)21-17-7-9-22-20(17)24-14-25-21/h2,4,6-7,9,14,16H,3,5,8,10-13H2,1H3,(H,23,28)(H,22,24,25). The van der Waals surface area contributed by atoms with Crippen molar-refractivity contribution in [1.82, 2.24) is 24.8 Å². The van der Waals surface area contributed by atoms with E-state index in [1.807, 2.05) is 25.3 Å². The summed E-state index contributed by atoms with van der Waals surface area (Å²) in [5, 5.41) is 4.07. The molecule has 4 rings (SSSR count). The summed E-state index contributed by atoms with van der Waals surface area (Å²) in [7, 11) is 0. The summed E-state index contributed by atoms with van der Waals surface area (Å²) in [6.07, 6.45) is 5.92. The summed E-state index contributed by atoms with van der Waals surface area (Å²) >= 11 is 0. The van der Waals surface area contributed by atoms with E-state index in [-0.39, 0.29) is 11.5 Å². The van der Waals surface area contributed by atoms with Crippen LogP contribution in [0.25, 0.3) is 11.0 Å². The highest BCUT2D eigenvalue weighted by Crippen LogP contribution is 2.26. The maximum absolute atomic E-state index is 12.3. The van der Waals surface area contributed by atoms with Crippen molar-refractivity contribution in [2.45, 2.75) is 32.7 Å². The molecule has 3 aromatic rings. The fourth-order valence-electron chi connectivity index (χ4n) is 4.00. The normalized spacial score (nSPS) is 16.9. The van der Waals surface area contributed by atoms with Crippen LogP contribution in [0, 0.1) is 12.8 Å². The first-order valence-electron chi connectivity index (χ1n) is 10.1. The second-order valence-electron chi connectivity index (χ2n) is 7.60. The zero-order valence-electron chi connectivity index (χ0n) is 16.6. The number of aromatic nitrogens is 4. The van der Waals surface area contributed by atoms with Crippen LogP contribution < -0.4 is 15.8 Å². The van der Waals surface area contributed by atoms with E-state index < -0.39 is 0 Å². The maximum atomic E-state index is 12.3. The topological polar surface area (TPSA) is 95.9 Å². The van der Waals surface area contributed by atoms with Crippen molar-refractivity contribution < 1.29 is 4.79 Å². The van der Waals surface area contributed by atoms with Crippen LogP contribution in [0.5, 0.6) is 0 Å². The van der Waals surface area contributed by atoms with Gasteiger partial charge >= 0.3 is 0 Å². The first-order chi connectivity index (χ1) is 14.1. The van der Waals surface area contributed by atoms with Gasteiger partial charge in [-0.25, -0.2) is 9.97 Å². The van der Waals surface area contributed by atoms with Crippen molar-refractivity contribution in [3.63, 3.8) is 0 Å². The van der Waals surface area contributed by atoms with Crippen LogP contribution in [-0.4, -0.2) is 45.1 Å². The SMILES string of the molecule is Cc1cccc(=O)n1CCC(=O)NCC1CCCN(c2ncnc3[nH]ccc23)C1. The van der Waals surface area contributed by atoms with Gasteiger partial charge in [-0.1, -0.05) is 6.07 Å². The number of carbonyl (C=O) groups excluding carboxylic acids is 1. The number of amides is 1. The lowest BCUT2D eigenvalue weighted by molar-refractivity contribution is -0.121. The van der Waals surface area contributed by atoms with E-state index in [9.17, 15) is 9.59 Å². The number of aryl methyl sites for hydroxylation is 1. The molecule has 1 saturated heterocycles. The van der Waals surface area contributed by atoms with Gasteiger partial charge in [0.2, 0.25) is 5.91 Å². The average molecular weight is 394 g/mol. The van der Waals surface area contributed by atoms with E-state index in [0.29, 0.717) is 25.4 Å². The van der Waals surface area contributed by atoms with Gasteiger partial charge in [-0.15, -0.1) is 0 Å². The number of pyridine rings is 1. The van der Waals surface area contributed by atoms with Crippen molar-refractivity contribution in [2.24, 2.45) is 5.92 Å². The Hall–Kier alpha value is -3.16. The molecule has 0 saturated carbocycles. The van der Waals surface area contributed by atoms with Gasteiger partial charge in [0.15, 0.2) is 0 Å². The molecule has 3 aromatic heterocycles. The lowest BCUT2D eigenvalue weighted by Crippen LogP contribution is -2.41. The first-order valence-corrected chi connectivity index (χ1v) is 10.1. The number of rotatable bonds is 6. The highest BCUT2D eigenvalue weighted by molar-refractivity contribution is 5.87. The number of nitrogens with zero attached hydrogens (tertiary/aromatic N) is 4. The van der Waals surface area contributed by atoms with Gasteiger partial charge in [-0.05, 0) is 37.8 Å². The predicted octanol–water partition coefficient (Wildman–Crippen LogP) is 1.85. The van der Waals surface area contributed by atoms with Gasteiger partial charge in [-0.3, -0.25) is 9.59 Å². The smallest absolute Gasteiger partial charge is 0.250 e. The third-order valence-corrected chi connectivity index (χ3v) is 5.57. The van der Waals surface area contributed by atoms with E-state index in [0.717, 1.165) is 48.5 Å².